The van der Waals surface area contributed by atoms with Gasteiger partial charge in [-0.05, 0) is 24.4 Å². The molecule has 0 radical (unpaired) electrons. The predicted molar refractivity (Wildman–Crippen MR) is 92.4 cm³/mol. The predicted octanol–water partition coefficient (Wildman–Crippen LogP) is 2.85. The first-order valence-electron chi connectivity index (χ1n) is 6.95. The molecule has 0 heterocycles. The van der Waals surface area contributed by atoms with Crippen molar-refractivity contribution in [1.82, 2.24) is 5.32 Å². The van der Waals surface area contributed by atoms with Gasteiger partial charge >= 0.3 is 0 Å². The van der Waals surface area contributed by atoms with Crippen molar-refractivity contribution in [3.05, 3.63) is 65.7 Å². The van der Waals surface area contributed by atoms with Gasteiger partial charge in [0.25, 0.3) is 0 Å². The van der Waals surface area contributed by atoms with Crippen LogP contribution in [0, 0.1) is 0 Å². The highest BCUT2D eigenvalue weighted by atomic mass is 32.1. The molecule has 114 valence electrons. The number of para-hydroxylation sites is 1. The fourth-order valence-corrected chi connectivity index (χ4v) is 2.18. The van der Waals surface area contributed by atoms with Gasteiger partial charge < -0.3 is 15.4 Å². The van der Waals surface area contributed by atoms with E-state index in [2.05, 4.69) is 10.6 Å². The first-order valence-corrected chi connectivity index (χ1v) is 7.36. The van der Waals surface area contributed by atoms with E-state index in [0.717, 1.165) is 0 Å². The second-order valence-corrected chi connectivity index (χ2v) is 5.02. The minimum atomic E-state index is -0.0385. The zero-order chi connectivity index (χ0) is 15.8. The van der Waals surface area contributed by atoms with Crippen LogP contribution in [0.25, 0.3) is 0 Å². The van der Waals surface area contributed by atoms with E-state index in [1.54, 1.807) is 25.3 Å². The molecule has 0 bridgehead atoms. The summed E-state index contributed by atoms with van der Waals surface area (Å²) in [6.45, 7) is 1.17. The Kier molecular flexibility index (Phi) is 6.06. The minimum Gasteiger partial charge on any atom is -0.383 e. The maximum Gasteiger partial charge on any atom is 0.195 e. The number of thiocarbonyl (C=S) groups is 1. The van der Waals surface area contributed by atoms with E-state index in [1.165, 1.54) is 0 Å². The van der Waals surface area contributed by atoms with Crippen molar-refractivity contribution in [3.8, 4) is 0 Å². The topological polar surface area (TPSA) is 50.4 Å². The molecule has 0 saturated heterocycles. The van der Waals surface area contributed by atoms with E-state index in [0.29, 0.717) is 35.1 Å². The molecule has 0 atom stereocenters. The van der Waals surface area contributed by atoms with Gasteiger partial charge in [-0.25, -0.2) is 0 Å². The molecule has 0 aromatic heterocycles. The van der Waals surface area contributed by atoms with Crippen LogP contribution in [0.4, 0.5) is 5.69 Å². The van der Waals surface area contributed by atoms with Crippen LogP contribution in [0.1, 0.15) is 15.9 Å². The normalized spacial score (nSPS) is 10.0. The summed E-state index contributed by atoms with van der Waals surface area (Å²) in [5.74, 6) is -0.0385. The summed E-state index contributed by atoms with van der Waals surface area (Å²) in [6.07, 6.45) is 0. The average Bonchev–Trinajstić information content (AvgIpc) is 2.56. The van der Waals surface area contributed by atoms with Gasteiger partial charge in [0, 0.05) is 24.8 Å². The third-order valence-electron chi connectivity index (χ3n) is 3.05. The van der Waals surface area contributed by atoms with Gasteiger partial charge in [-0.2, -0.15) is 0 Å². The van der Waals surface area contributed by atoms with Crippen LogP contribution in [-0.4, -0.2) is 31.2 Å². The number of hydrogen-bond donors (Lipinski definition) is 2. The lowest BCUT2D eigenvalue weighted by Crippen LogP contribution is -2.31. The molecule has 2 N–H and O–H groups in total. The number of methoxy groups -OCH3 is 1. The van der Waals surface area contributed by atoms with Crippen LogP contribution in [0.3, 0.4) is 0 Å². The summed E-state index contributed by atoms with van der Waals surface area (Å²) in [4.78, 5) is 12.6. The minimum absolute atomic E-state index is 0.0385. The molecule has 2 rings (SSSR count). The Hall–Kier alpha value is -2.24. The molecule has 22 heavy (non-hydrogen) atoms. The number of carbonyl (C=O) groups excluding carboxylic acids is 1. The van der Waals surface area contributed by atoms with Crippen molar-refractivity contribution < 1.29 is 9.53 Å². The molecule has 2 aromatic rings. The first-order chi connectivity index (χ1) is 10.7. The van der Waals surface area contributed by atoms with Crippen LogP contribution >= 0.6 is 12.2 Å². The molecule has 0 amide bonds. The van der Waals surface area contributed by atoms with Crippen molar-refractivity contribution in [3.63, 3.8) is 0 Å². The SMILES string of the molecule is COCCNC(=S)Nc1ccccc1C(=O)c1ccccc1. The molecule has 0 unspecified atom stereocenters. The molecular formula is C17H18N2O2S. The third kappa shape index (κ3) is 4.38. The Labute approximate surface area is 135 Å². The lowest BCUT2D eigenvalue weighted by atomic mass is 10.0. The Morgan fingerprint density at radius 2 is 1.77 bits per heavy atom. The summed E-state index contributed by atoms with van der Waals surface area (Å²) >= 11 is 5.22. The van der Waals surface area contributed by atoms with Gasteiger partial charge in [0.05, 0.1) is 12.3 Å². The second-order valence-electron chi connectivity index (χ2n) is 4.61. The van der Waals surface area contributed by atoms with E-state index in [1.807, 2.05) is 36.4 Å². The zero-order valence-corrected chi connectivity index (χ0v) is 13.2. The highest BCUT2D eigenvalue weighted by Gasteiger charge is 2.13. The Morgan fingerprint density at radius 3 is 2.50 bits per heavy atom. The van der Waals surface area contributed by atoms with E-state index >= 15 is 0 Å². The lowest BCUT2D eigenvalue weighted by molar-refractivity contribution is 0.103. The number of nitrogens with one attached hydrogen (secondary N) is 2. The van der Waals surface area contributed by atoms with E-state index in [4.69, 9.17) is 17.0 Å². The van der Waals surface area contributed by atoms with Gasteiger partial charge in [0.1, 0.15) is 0 Å². The molecule has 0 aliphatic rings. The molecule has 5 heteroatoms. The Balaban J connectivity index is 2.13. The van der Waals surface area contributed by atoms with Crippen LogP contribution < -0.4 is 10.6 Å². The van der Waals surface area contributed by atoms with Gasteiger partial charge in [0.15, 0.2) is 10.9 Å². The van der Waals surface area contributed by atoms with Crippen molar-refractivity contribution in [2.24, 2.45) is 0 Å². The summed E-state index contributed by atoms with van der Waals surface area (Å²) < 4.78 is 4.96. The molecule has 2 aromatic carbocycles. The van der Waals surface area contributed by atoms with Gasteiger partial charge in [-0.3, -0.25) is 4.79 Å². The number of ether oxygens (including phenoxy) is 1. The Morgan fingerprint density at radius 1 is 1.09 bits per heavy atom. The summed E-state index contributed by atoms with van der Waals surface area (Å²) in [5, 5.41) is 6.55. The van der Waals surface area contributed by atoms with Crippen molar-refractivity contribution >= 4 is 28.8 Å². The number of ketones is 1. The summed E-state index contributed by atoms with van der Waals surface area (Å²) in [6, 6.07) is 16.5. The van der Waals surface area contributed by atoms with Crippen molar-refractivity contribution in [1.29, 1.82) is 0 Å². The summed E-state index contributed by atoms with van der Waals surface area (Å²) in [5.41, 5.74) is 1.92. The number of anilines is 1. The van der Waals surface area contributed by atoms with Crippen LogP contribution in [0.5, 0.6) is 0 Å². The molecule has 0 aliphatic carbocycles. The molecular weight excluding hydrogens is 296 g/mol. The molecule has 0 spiro atoms. The van der Waals surface area contributed by atoms with E-state index < -0.39 is 0 Å². The number of carbonyl (C=O) groups is 1. The lowest BCUT2D eigenvalue weighted by Gasteiger charge is -2.13. The fraction of sp³-hybridized carbons (Fsp3) is 0.176. The van der Waals surface area contributed by atoms with Gasteiger partial charge in [-0.15, -0.1) is 0 Å². The van der Waals surface area contributed by atoms with E-state index in [-0.39, 0.29) is 5.78 Å². The number of rotatable bonds is 6. The maximum atomic E-state index is 12.6. The highest BCUT2D eigenvalue weighted by Crippen LogP contribution is 2.19. The third-order valence-corrected chi connectivity index (χ3v) is 3.29. The van der Waals surface area contributed by atoms with Crippen LogP contribution in [0.2, 0.25) is 0 Å². The maximum absolute atomic E-state index is 12.6. The van der Waals surface area contributed by atoms with Crippen LogP contribution in [0.15, 0.2) is 54.6 Å². The zero-order valence-electron chi connectivity index (χ0n) is 12.3. The standard InChI is InChI=1S/C17H18N2O2S/c1-21-12-11-18-17(22)19-15-10-6-5-9-14(15)16(20)13-7-3-2-4-8-13/h2-10H,11-12H2,1H3,(H2,18,19,22). The molecule has 4 nitrogen and oxygen atoms in total. The average molecular weight is 314 g/mol. The molecule has 0 aliphatic heterocycles. The van der Waals surface area contributed by atoms with Crippen molar-refractivity contribution in [2.45, 2.75) is 0 Å². The smallest absolute Gasteiger partial charge is 0.195 e. The fourth-order valence-electron chi connectivity index (χ4n) is 1.97. The first kappa shape index (κ1) is 16.1. The van der Waals surface area contributed by atoms with Gasteiger partial charge in [-0.1, -0.05) is 42.5 Å². The highest BCUT2D eigenvalue weighted by molar-refractivity contribution is 7.80. The van der Waals surface area contributed by atoms with Crippen molar-refractivity contribution in [2.75, 3.05) is 25.6 Å². The second kappa shape index (κ2) is 8.26. The van der Waals surface area contributed by atoms with Crippen LogP contribution in [-0.2, 0) is 4.74 Å². The molecule has 0 fully saturated rings. The Bertz CT molecular complexity index is 644. The van der Waals surface area contributed by atoms with E-state index in [9.17, 15) is 4.79 Å². The number of hydrogen-bond acceptors (Lipinski definition) is 3. The molecule has 0 saturated carbocycles. The van der Waals surface area contributed by atoms with Gasteiger partial charge in [0.2, 0.25) is 0 Å². The summed E-state index contributed by atoms with van der Waals surface area (Å²) in [7, 11) is 1.63. The quantitative estimate of drug-likeness (QED) is 0.488. The number of benzene rings is 2. The largest absolute Gasteiger partial charge is 0.383 e. The monoisotopic (exact) mass is 314 g/mol.